The summed E-state index contributed by atoms with van der Waals surface area (Å²) in [5.41, 5.74) is 3.43. The topological polar surface area (TPSA) is 39.1 Å². The number of nitrogens with zero attached hydrogens (tertiary/aromatic N) is 1. The molecule has 0 aliphatic rings. The van der Waals surface area contributed by atoms with Gasteiger partial charge in [0.1, 0.15) is 0 Å². The van der Waals surface area contributed by atoms with Crippen LogP contribution in [0.15, 0.2) is 72.8 Å². The van der Waals surface area contributed by atoms with Gasteiger partial charge in [0.25, 0.3) is 0 Å². The molecule has 0 unspecified atom stereocenters. The molecule has 3 aromatic carbocycles. The fourth-order valence-electron chi connectivity index (χ4n) is 3.54. The summed E-state index contributed by atoms with van der Waals surface area (Å²) in [5.74, 6) is -0.291. The Morgan fingerprint density at radius 3 is 2.15 bits per heavy atom. The molecule has 0 aliphatic heterocycles. The maximum Gasteiger partial charge on any atom is 0.170 e. The number of carbonyl (C=O) groups is 2. The lowest BCUT2D eigenvalue weighted by atomic mass is 10.00. The fourth-order valence-corrected chi connectivity index (χ4v) is 3.54. The summed E-state index contributed by atoms with van der Waals surface area (Å²) in [6.07, 6.45) is -0.109. The zero-order valence-electron chi connectivity index (χ0n) is 14.6. The van der Waals surface area contributed by atoms with Crippen LogP contribution in [0, 0.1) is 0 Å². The van der Waals surface area contributed by atoms with Crippen LogP contribution >= 0.6 is 0 Å². The van der Waals surface area contributed by atoms with Gasteiger partial charge < -0.3 is 4.57 Å². The average molecular weight is 341 g/mol. The van der Waals surface area contributed by atoms with Crippen LogP contribution in [0.3, 0.4) is 0 Å². The number of aryl methyl sites for hydroxylation is 1. The van der Waals surface area contributed by atoms with Gasteiger partial charge in [-0.1, -0.05) is 48.5 Å². The molecular formula is C23H19NO2. The van der Waals surface area contributed by atoms with E-state index in [4.69, 9.17) is 0 Å². The van der Waals surface area contributed by atoms with Crippen molar-refractivity contribution in [1.82, 2.24) is 4.57 Å². The van der Waals surface area contributed by atoms with Crippen LogP contribution < -0.4 is 0 Å². The standard InChI is InChI=1S/C23H19NO2/c1-2-24-20-11-7-6-10-18(20)19-14-17(12-13-21(19)24)23(26)15-22(25)16-8-4-3-5-9-16/h3-14H,2,15H2,1H3. The summed E-state index contributed by atoms with van der Waals surface area (Å²) < 4.78 is 2.24. The van der Waals surface area contributed by atoms with Gasteiger partial charge in [0.15, 0.2) is 11.6 Å². The Labute approximate surface area is 151 Å². The van der Waals surface area contributed by atoms with Gasteiger partial charge in [0.2, 0.25) is 0 Å². The normalized spacial score (nSPS) is 11.1. The van der Waals surface area contributed by atoms with E-state index in [1.807, 2.05) is 48.5 Å². The monoisotopic (exact) mass is 341 g/mol. The molecule has 4 rings (SSSR count). The summed E-state index contributed by atoms with van der Waals surface area (Å²) in [6.45, 7) is 2.98. The molecule has 128 valence electrons. The lowest BCUT2D eigenvalue weighted by Gasteiger charge is -2.04. The maximum atomic E-state index is 12.7. The van der Waals surface area contributed by atoms with E-state index in [0.29, 0.717) is 11.1 Å². The average Bonchev–Trinajstić information content (AvgIpc) is 3.01. The first-order valence-electron chi connectivity index (χ1n) is 8.81. The molecule has 3 heteroatoms. The highest BCUT2D eigenvalue weighted by Gasteiger charge is 2.16. The maximum absolute atomic E-state index is 12.7. The number of ketones is 2. The van der Waals surface area contributed by atoms with Crippen LogP contribution in [0.25, 0.3) is 21.8 Å². The lowest BCUT2D eigenvalue weighted by Crippen LogP contribution is -2.08. The van der Waals surface area contributed by atoms with Crippen molar-refractivity contribution in [2.75, 3.05) is 0 Å². The molecule has 26 heavy (non-hydrogen) atoms. The molecule has 0 amide bonds. The summed E-state index contributed by atoms with van der Waals surface area (Å²) in [4.78, 5) is 25.0. The van der Waals surface area contributed by atoms with Crippen LogP contribution in [-0.2, 0) is 6.54 Å². The van der Waals surface area contributed by atoms with Gasteiger partial charge in [-0.15, -0.1) is 0 Å². The summed E-state index contributed by atoms with van der Waals surface area (Å²) >= 11 is 0. The van der Waals surface area contributed by atoms with Crippen molar-refractivity contribution in [2.24, 2.45) is 0 Å². The summed E-state index contributed by atoms with van der Waals surface area (Å²) in [6, 6.07) is 22.9. The molecule has 0 aliphatic carbocycles. The van der Waals surface area contributed by atoms with E-state index in [1.54, 1.807) is 12.1 Å². The first-order chi connectivity index (χ1) is 12.7. The van der Waals surface area contributed by atoms with Crippen molar-refractivity contribution in [3.63, 3.8) is 0 Å². The number of hydrogen-bond acceptors (Lipinski definition) is 2. The Bertz CT molecular complexity index is 1120. The van der Waals surface area contributed by atoms with Gasteiger partial charge in [-0.2, -0.15) is 0 Å². The smallest absolute Gasteiger partial charge is 0.170 e. The van der Waals surface area contributed by atoms with Crippen LogP contribution in [-0.4, -0.2) is 16.1 Å². The molecule has 0 saturated heterocycles. The Hall–Kier alpha value is -3.20. The molecule has 4 aromatic rings. The Balaban J connectivity index is 1.72. The molecule has 0 atom stereocenters. The van der Waals surface area contributed by atoms with E-state index < -0.39 is 0 Å². The SMILES string of the molecule is CCn1c2ccccc2c2cc(C(=O)CC(=O)c3ccccc3)ccc21. The third-order valence-corrected chi connectivity index (χ3v) is 4.83. The minimum absolute atomic E-state index is 0.109. The van der Waals surface area contributed by atoms with Gasteiger partial charge in [0, 0.05) is 39.5 Å². The van der Waals surface area contributed by atoms with Crippen LogP contribution in [0.4, 0.5) is 0 Å². The van der Waals surface area contributed by atoms with Gasteiger partial charge in [-0.25, -0.2) is 0 Å². The van der Waals surface area contributed by atoms with Crippen molar-refractivity contribution < 1.29 is 9.59 Å². The third-order valence-electron chi connectivity index (χ3n) is 4.83. The Kier molecular flexibility index (Phi) is 4.13. The second-order valence-corrected chi connectivity index (χ2v) is 6.38. The largest absolute Gasteiger partial charge is 0.341 e. The number of benzene rings is 3. The number of carbonyl (C=O) groups excluding carboxylic acids is 2. The highest BCUT2D eigenvalue weighted by Crippen LogP contribution is 2.30. The number of fused-ring (bicyclic) bond motifs is 3. The van der Waals surface area contributed by atoms with E-state index in [2.05, 4.69) is 23.6 Å². The first-order valence-corrected chi connectivity index (χ1v) is 8.81. The zero-order valence-corrected chi connectivity index (χ0v) is 14.6. The predicted molar refractivity (Wildman–Crippen MR) is 105 cm³/mol. The number of aromatic nitrogens is 1. The molecule has 1 heterocycles. The van der Waals surface area contributed by atoms with Crippen molar-refractivity contribution in [2.45, 2.75) is 19.9 Å². The van der Waals surface area contributed by atoms with Gasteiger partial charge in [0.05, 0.1) is 6.42 Å². The number of para-hydroxylation sites is 1. The lowest BCUT2D eigenvalue weighted by molar-refractivity contribution is 0.0894. The highest BCUT2D eigenvalue weighted by molar-refractivity contribution is 6.16. The van der Waals surface area contributed by atoms with Gasteiger partial charge >= 0.3 is 0 Å². The van der Waals surface area contributed by atoms with Gasteiger partial charge in [-0.05, 0) is 31.2 Å². The molecule has 0 saturated carbocycles. The molecular weight excluding hydrogens is 322 g/mol. The minimum Gasteiger partial charge on any atom is -0.341 e. The fraction of sp³-hybridized carbons (Fsp3) is 0.130. The van der Waals surface area contributed by atoms with Crippen molar-refractivity contribution in [3.05, 3.63) is 83.9 Å². The van der Waals surface area contributed by atoms with E-state index >= 15 is 0 Å². The van der Waals surface area contributed by atoms with Crippen LogP contribution in [0.2, 0.25) is 0 Å². The van der Waals surface area contributed by atoms with E-state index in [0.717, 1.165) is 28.4 Å². The molecule has 0 fully saturated rings. The molecule has 0 bridgehead atoms. The third kappa shape index (κ3) is 2.72. The molecule has 0 spiro atoms. The summed E-state index contributed by atoms with van der Waals surface area (Å²) in [5, 5.41) is 2.19. The Morgan fingerprint density at radius 2 is 1.38 bits per heavy atom. The number of Topliss-reactive ketones (excluding diaryl/α,β-unsaturated/α-hetero) is 2. The van der Waals surface area contributed by atoms with E-state index in [1.165, 1.54) is 0 Å². The second-order valence-electron chi connectivity index (χ2n) is 6.38. The van der Waals surface area contributed by atoms with E-state index in [9.17, 15) is 9.59 Å². The van der Waals surface area contributed by atoms with Crippen molar-refractivity contribution in [3.8, 4) is 0 Å². The quantitative estimate of drug-likeness (QED) is 0.366. The Morgan fingerprint density at radius 1 is 0.731 bits per heavy atom. The molecule has 1 aromatic heterocycles. The molecule has 3 nitrogen and oxygen atoms in total. The minimum atomic E-state index is -0.147. The molecule has 0 radical (unpaired) electrons. The van der Waals surface area contributed by atoms with Crippen LogP contribution in [0.5, 0.6) is 0 Å². The van der Waals surface area contributed by atoms with E-state index in [-0.39, 0.29) is 18.0 Å². The molecule has 0 N–H and O–H groups in total. The predicted octanol–water partition coefficient (Wildman–Crippen LogP) is 5.27. The van der Waals surface area contributed by atoms with Crippen molar-refractivity contribution >= 4 is 33.4 Å². The summed E-state index contributed by atoms with van der Waals surface area (Å²) in [7, 11) is 0. The highest BCUT2D eigenvalue weighted by atomic mass is 16.1. The number of hydrogen-bond donors (Lipinski definition) is 0. The zero-order chi connectivity index (χ0) is 18.1. The van der Waals surface area contributed by atoms with Crippen LogP contribution in [0.1, 0.15) is 34.1 Å². The van der Waals surface area contributed by atoms with Crippen molar-refractivity contribution in [1.29, 1.82) is 0 Å². The van der Waals surface area contributed by atoms with Gasteiger partial charge in [-0.3, -0.25) is 9.59 Å². The second kappa shape index (κ2) is 6.60. The number of rotatable bonds is 5. The first kappa shape index (κ1) is 16.3.